The van der Waals surface area contributed by atoms with Crippen LogP contribution in [-0.2, 0) is 0 Å². The maximum absolute atomic E-state index is 5.70. The van der Waals surface area contributed by atoms with Crippen molar-refractivity contribution in [2.45, 2.75) is 13.0 Å². The first kappa shape index (κ1) is 16.1. The van der Waals surface area contributed by atoms with Crippen molar-refractivity contribution in [1.82, 2.24) is 10.3 Å². The van der Waals surface area contributed by atoms with E-state index in [0.717, 1.165) is 27.8 Å². The van der Waals surface area contributed by atoms with Crippen molar-refractivity contribution in [3.05, 3.63) is 59.6 Å². The summed E-state index contributed by atoms with van der Waals surface area (Å²) in [5.41, 5.74) is 4.52. The molecule has 0 unspecified atom stereocenters. The molecule has 25 heavy (non-hydrogen) atoms. The van der Waals surface area contributed by atoms with Gasteiger partial charge in [-0.15, -0.1) is 11.3 Å². The van der Waals surface area contributed by atoms with Gasteiger partial charge < -0.3 is 10.1 Å². The normalized spacial score (nSPS) is 12.6. The number of methoxy groups -OCH3 is 1. The molecule has 2 aromatic carbocycles. The van der Waals surface area contributed by atoms with Crippen molar-refractivity contribution in [1.29, 1.82) is 0 Å². The number of rotatable bonds is 4. The monoisotopic (exact) mass is 348 g/mol. The molecule has 0 bridgehead atoms. The Bertz CT molecular complexity index is 1040. The number of ether oxygens (including phenoxy) is 1. The Hall–Kier alpha value is -2.43. The van der Waals surface area contributed by atoms with Gasteiger partial charge >= 0.3 is 0 Å². The summed E-state index contributed by atoms with van der Waals surface area (Å²) in [5, 5.41) is 7.79. The maximum atomic E-state index is 5.70. The van der Waals surface area contributed by atoms with Gasteiger partial charge in [0.15, 0.2) is 0 Å². The van der Waals surface area contributed by atoms with E-state index in [2.05, 4.69) is 52.9 Å². The summed E-state index contributed by atoms with van der Waals surface area (Å²) < 4.78 is 6.89. The number of hydrogen-bond acceptors (Lipinski definition) is 4. The molecule has 1 atom stereocenters. The molecule has 0 fully saturated rings. The van der Waals surface area contributed by atoms with E-state index in [1.165, 1.54) is 15.6 Å². The molecular formula is C21H20N2OS. The van der Waals surface area contributed by atoms with E-state index in [4.69, 9.17) is 4.74 Å². The second kappa shape index (κ2) is 6.47. The van der Waals surface area contributed by atoms with Crippen LogP contribution in [-0.4, -0.2) is 19.1 Å². The quantitative estimate of drug-likeness (QED) is 0.536. The largest absolute Gasteiger partial charge is 0.496 e. The maximum Gasteiger partial charge on any atom is 0.127 e. The minimum absolute atomic E-state index is 0.328. The second-order valence-electron chi connectivity index (χ2n) is 6.13. The molecule has 0 aliphatic heterocycles. The van der Waals surface area contributed by atoms with Crippen LogP contribution in [0.3, 0.4) is 0 Å². The molecule has 4 rings (SSSR count). The van der Waals surface area contributed by atoms with Crippen LogP contribution in [0.4, 0.5) is 0 Å². The molecule has 0 amide bonds. The standard InChI is InChI=1S/C21H20N2OS/c1-13(22-2)14-4-6-15(7-5-14)20-18(24-3)9-8-17-21(20)16-10-11-25-19(16)12-23-17/h4-13,22H,1-3H3/t13-/m1/s1. The highest BCUT2D eigenvalue weighted by molar-refractivity contribution is 7.17. The van der Waals surface area contributed by atoms with Gasteiger partial charge in [0, 0.05) is 28.6 Å². The zero-order chi connectivity index (χ0) is 17.4. The number of thiophene rings is 1. The van der Waals surface area contributed by atoms with Gasteiger partial charge in [-0.2, -0.15) is 0 Å². The Kier molecular flexibility index (Phi) is 4.15. The fourth-order valence-electron chi connectivity index (χ4n) is 3.27. The van der Waals surface area contributed by atoms with Crippen LogP contribution in [0, 0.1) is 0 Å². The Morgan fingerprint density at radius 1 is 1.08 bits per heavy atom. The Morgan fingerprint density at radius 3 is 2.60 bits per heavy atom. The lowest BCUT2D eigenvalue weighted by molar-refractivity contribution is 0.417. The summed E-state index contributed by atoms with van der Waals surface area (Å²) >= 11 is 1.72. The molecule has 0 aliphatic carbocycles. The summed E-state index contributed by atoms with van der Waals surface area (Å²) in [5.74, 6) is 0.877. The van der Waals surface area contributed by atoms with Crippen molar-refractivity contribution in [3.8, 4) is 16.9 Å². The van der Waals surface area contributed by atoms with Gasteiger partial charge in [-0.1, -0.05) is 24.3 Å². The molecule has 4 aromatic rings. The summed E-state index contributed by atoms with van der Waals surface area (Å²) in [6, 6.07) is 15.2. The van der Waals surface area contributed by atoms with Crippen molar-refractivity contribution < 1.29 is 4.74 Å². The van der Waals surface area contributed by atoms with E-state index in [0.29, 0.717) is 6.04 Å². The minimum Gasteiger partial charge on any atom is -0.496 e. The number of nitrogens with one attached hydrogen (secondary N) is 1. The average molecular weight is 348 g/mol. The highest BCUT2D eigenvalue weighted by Gasteiger charge is 2.15. The SMILES string of the molecule is CN[C@H](C)c1ccc(-c2c(OC)ccc3ncc4sccc4c23)cc1. The third-order valence-corrected chi connectivity index (χ3v) is 5.63. The first-order chi connectivity index (χ1) is 12.2. The number of benzene rings is 2. The van der Waals surface area contributed by atoms with Crippen molar-refractivity contribution in [2.75, 3.05) is 14.2 Å². The van der Waals surface area contributed by atoms with E-state index in [1.807, 2.05) is 25.4 Å². The lowest BCUT2D eigenvalue weighted by atomic mass is 9.95. The molecule has 0 radical (unpaired) electrons. The van der Waals surface area contributed by atoms with Gasteiger partial charge in [0.05, 0.1) is 17.3 Å². The van der Waals surface area contributed by atoms with Crippen molar-refractivity contribution in [2.24, 2.45) is 0 Å². The summed E-state index contributed by atoms with van der Waals surface area (Å²) in [6.07, 6.45) is 1.95. The van der Waals surface area contributed by atoms with Crippen LogP contribution in [0.25, 0.3) is 32.1 Å². The highest BCUT2D eigenvalue weighted by Crippen LogP contribution is 2.41. The van der Waals surface area contributed by atoms with Gasteiger partial charge in [-0.05, 0) is 48.7 Å². The molecule has 0 saturated heterocycles. The first-order valence-corrected chi connectivity index (χ1v) is 9.21. The predicted molar refractivity (Wildman–Crippen MR) is 107 cm³/mol. The Morgan fingerprint density at radius 2 is 1.88 bits per heavy atom. The van der Waals surface area contributed by atoms with Gasteiger partial charge in [0.25, 0.3) is 0 Å². The lowest BCUT2D eigenvalue weighted by Gasteiger charge is -2.15. The first-order valence-electron chi connectivity index (χ1n) is 8.33. The van der Waals surface area contributed by atoms with Gasteiger partial charge in [-0.3, -0.25) is 4.98 Å². The second-order valence-corrected chi connectivity index (χ2v) is 7.07. The zero-order valence-corrected chi connectivity index (χ0v) is 15.4. The van der Waals surface area contributed by atoms with Crippen LogP contribution in [0.15, 0.2) is 54.0 Å². The molecule has 1 N–H and O–H groups in total. The van der Waals surface area contributed by atoms with Crippen LogP contribution >= 0.6 is 11.3 Å². The molecule has 126 valence electrons. The van der Waals surface area contributed by atoms with Gasteiger partial charge in [0.2, 0.25) is 0 Å². The summed E-state index contributed by atoms with van der Waals surface area (Å²) in [4.78, 5) is 4.65. The zero-order valence-electron chi connectivity index (χ0n) is 14.5. The Labute approximate surface area is 151 Å². The molecular weight excluding hydrogens is 328 g/mol. The molecule has 2 aromatic heterocycles. The van der Waals surface area contributed by atoms with Crippen molar-refractivity contribution in [3.63, 3.8) is 0 Å². The number of aromatic nitrogens is 1. The van der Waals surface area contributed by atoms with E-state index in [-0.39, 0.29) is 0 Å². The van der Waals surface area contributed by atoms with Crippen LogP contribution < -0.4 is 10.1 Å². The van der Waals surface area contributed by atoms with E-state index < -0.39 is 0 Å². The summed E-state index contributed by atoms with van der Waals surface area (Å²) in [7, 11) is 3.70. The molecule has 3 nitrogen and oxygen atoms in total. The van der Waals surface area contributed by atoms with Crippen LogP contribution in [0.5, 0.6) is 5.75 Å². The predicted octanol–water partition coefficient (Wildman–Crippen LogP) is 5.41. The number of pyridine rings is 1. The van der Waals surface area contributed by atoms with E-state index >= 15 is 0 Å². The van der Waals surface area contributed by atoms with Crippen molar-refractivity contribution >= 4 is 32.3 Å². The number of fused-ring (bicyclic) bond motifs is 3. The fourth-order valence-corrected chi connectivity index (χ4v) is 4.03. The number of hydrogen-bond donors (Lipinski definition) is 1. The smallest absolute Gasteiger partial charge is 0.127 e. The summed E-state index contributed by atoms with van der Waals surface area (Å²) in [6.45, 7) is 2.16. The minimum atomic E-state index is 0.328. The molecule has 0 saturated carbocycles. The van der Waals surface area contributed by atoms with Crippen LogP contribution in [0.2, 0.25) is 0 Å². The third kappa shape index (κ3) is 2.68. The van der Waals surface area contributed by atoms with Gasteiger partial charge in [-0.25, -0.2) is 0 Å². The van der Waals surface area contributed by atoms with E-state index in [1.54, 1.807) is 18.4 Å². The molecule has 2 heterocycles. The highest BCUT2D eigenvalue weighted by atomic mass is 32.1. The topological polar surface area (TPSA) is 34.1 Å². The van der Waals surface area contributed by atoms with E-state index in [9.17, 15) is 0 Å². The molecule has 0 aliphatic rings. The Balaban J connectivity index is 2.00. The van der Waals surface area contributed by atoms with Gasteiger partial charge in [0.1, 0.15) is 5.75 Å². The average Bonchev–Trinajstić information content (AvgIpc) is 3.15. The lowest BCUT2D eigenvalue weighted by Crippen LogP contribution is -2.11. The van der Waals surface area contributed by atoms with Crippen LogP contribution in [0.1, 0.15) is 18.5 Å². The third-order valence-electron chi connectivity index (χ3n) is 4.78. The molecule has 4 heteroatoms. The number of nitrogens with zero attached hydrogens (tertiary/aromatic N) is 1. The fraction of sp³-hybridized carbons (Fsp3) is 0.190. The molecule has 0 spiro atoms.